The summed E-state index contributed by atoms with van der Waals surface area (Å²) in [5.41, 5.74) is 0. The van der Waals surface area contributed by atoms with Crippen LogP contribution in [0.5, 0.6) is 0 Å². The zero-order chi connectivity index (χ0) is 15.6. The van der Waals surface area contributed by atoms with Gasteiger partial charge in [0.25, 0.3) is 0 Å². The van der Waals surface area contributed by atoms with Gasteiger partial charge in [0.1, 0.15) is 0 Å². The summed E-state index contributed by atoms with van der Waals surface area (Å²) < 4.78 is 4.62. The van der Waals surface area contributed by atoms with Crippen LogP contribution in [0.3, 0.4) is 0 Å². The van der Waals surface area contributed by atoms with Crippen LogP contribution in [0, 0.1) is 0 Å². The molecule has 0 aliphatic carbocycles. The standard InChI is InChI=1S/C18H34O2.Ti/c1-2-3-4-5-6-7-8-9-10-11-12-13-14-15-16-17-18(19)20;/h9-10H,2-8,11-17H2,1H3,(H,19,20);/q;+1/p-1. The van der Waals surface area contributed by atoms with Crippen LogP contribution in [0.15, 0.2) is 12.2 Å². The van der Waals surface area contributed by atoms with Crippen LogP contribution in [0.1, 0.15) is 96.8 Å². The Morgan fingerprint density at radius 3 is 1.81 bits per heavy atom. The van der Waals surface area contributed by atoms with E-state index in [9.17, 15) is 4.79 Å². The van der Waals surface area contributed by atoms with Gasteiger partial charge in [-0.1, -0.05) is 39.0 Å². The van der Waals surface area contributed by atoms with Gasteiger partial charge in [-0.05, 0) is 6.42 Å². The van der Waals surface area contributed by atoms with E-state index in [1.165, 1.54) is 91.5 Å². The summed E-state index contributed by atoms with van der Waals surface area (Å²) in [6.45, 7) is 2.27. The van der Waals surface area contributed by atoms with Gasteiger partial charge in [-0.2, -0.15) is 0 Å². The van der Waals surface area contributed by atoms with Crippen LogP contribution in [-0.2, 0) is 28.9 Å². The average molecular weight is 329 g/mol. The van der Waals surface area contributed by atoms with Gasteiger partial charge in [-0.3, -0.25) is 0 Å². The number of hydrogen-bond donors (Lipinski definition) is 0. The zero-order valence-electron chi connectivity index (χ0n) is 13.9. The van der Waals surface area contributed by atoms with Crippen molar-refractivity contribution in [3.8, 4) is 0 Å². The number of rotatable bonds is 15. The molecule has 0 amide bonds. The van der Waals surface area contributed by atoms with Crippen molar-refractivity contribution in [2.75, 3.05) is 0 Å². The van der Waals surface area contributed by atoms with Gasteiger partial charge in [0.05, 0.1) is 0 Å². The van der Waals surface area contributed by atoms with Crippen LogP contribution >= 0.6 is 0 Å². The van der Waals surface area contributed by atoms with Crippen molar-refractivity contribution in [3.05, 3.63) is 12.2 Å². The predicted molar refractivity (Wildman–Crippen MR) is 85.5 cm³/mol. The fourth-order valence-electron chi connectivity index (χ4n) is 2.39. The molecule has 0 aliphatic heterocycles. The van der Waals surface area contributed by atoms with E-state index in [1.807, 2.05) is 0 Å². The molecule has 0 aromatic rings. The molecule has 3 heteroatoms. The Kier molecular flexibility index (Phi) is 17.9. The van der Waals surface area contributed by atoms with Gasteiger partial charge < -0.3 is 0 Å². The van der Waals surface area contributed by atoms with Gasteiger partial charge in [0.15, 0.2) is 0 Å². The molecule has 0 radical (unpaired) electrons. The molecule has 0 spiro atoms. The third-order valence-corrected chi connectivity index (χ3v) is 4.11. The Bertz CT molecular complexity index is 252. The Morgan fingerprint density at radius 1 is 0.810 bits per heavy atom. The normalized spacial score (nSPS) is 11.0. The Balaban J connectivity index is 3.10. The van der Waals surface area contributed by atoms with Crippen molar-refractivity contribution >= 4 is 5.97 Å². The van der Waals surface area contributed by atoms with Gasteiger partial charge in [-0.15, -0.1) is 0 Å². The molecular formula is C18H33O2Ti. The number of hydrogen-bond acceptors (Lipinski definition) is 2. The quantitative estimate of drug-likeness (QED) is 0.208. The molecular weight excluding hydrogens is 296 g/mol. The van der Waals surface area contributed by atoms with Crippen molar-refractivity contribution in [1.29, 1.82) is 0 Å². The molecule has 0 N–H and O–H groups in total. The van der Waals surface area contributed by atoms with Crippen LogP contribution in [0.25, 0.3) is 0 Å². The summed E-state index contributed by atoms with van der Waals surface area (Å²) in [6.07, 6.45) is 22.0. The third-order valence-electron chi connectivity index (χ3n) is 3.76. The second-order valence-electron chi connectivity index (χ2n) is 5.81. The first-order valence-corrected chi connectivity index (χ1v) is 9.46. The van der Waals surface area contributed by atoms with E-state index in [2.05, 4.69) is 22.4 Å². The van der Waals surface area contributed by atoms with Crippen LogP contribution in [0.2, 0.25) is 0 Å². The van der Waals surface area contributed by atoms with Crippen molar-refractivity contribution in [2.45, 2.75) is 96.8 Å². The van der Waals surface area contributed by atoms with E-state index >= 15 is 0 Å². The van der Waals surface area contributed by atoms with E-state index in [-0.39, 0.29) is 5.97 Å². The number of carbonyl (C=O) groups excluding carboxylic acids is 1. The molecule has 0 saturated heterocycles. The molecule has 0 heterocycles. The number of carbonyl (C=O) groups is 1. The summed E-state index contributed by atoms with van der Waals surface area (Å²) in [5, 5.41) is 0. The van der Waals surface area contributed by atoms with E-state index in [4.69, 9.17) is 0 Å². The fourth-order valence-corrected chi connectivity index (χ4v) is 2.55. The van der Waals surface area contributed by atoms with Crippen molar-refractivity contribution in [2.24, 2.45) is 0 Å². The first-order chi connectivity index (χ1) is 10.3. The molecule has 0 saturated carbocycles. The molecule has 0 atom stereocenters. The molecule has 0 rings (SSSR count). The number of unbranched alkanes of at least 4 members (excludes halogenated alkanes) is 11. The average Bonchev–Trinajstić information content (AvgIpc) is 2.50. The maximum absolute atomic E-state index is 10.9. The van der Waals surface area contributed by atoms with Crippen LogP contribution < -0.4 is 0 Å². The van der Waals surface area contributed by atoms with Crippen LogP contribution in [0.4, 0.5) is 0 Å². The first kappa shape index (κ1) is 20.9. The molecule has 121 valence electrons. The molecule has 0 aliphatic rings. The topological polar surface area (TPSA) is 26.3 Å². The fraction of sp³-hybridized carbons (Fsp3) is 0.833. The van der Waals surface area contributed by atoms with E-state index in [0.29, 0.717) is 6.42 Å². The minimum atomic E-state index is -0.0763. The predicted octanol–water partition coefficient (Wildman–Crippen LogP) is 6.03. The molecule has 0 unspecified atom stereocenters. The van der Waals surface area contributed by atoms with E-state index in [0.717, 1.165) is 12.8 Å². The summed E-state index contributed by atoms with van der Waals surface area (Å²) in [4.78, 5) is 10.9. The maximum atomic E-state index is 10.9. The van der Waals surface area contributed by atoms with Crippen molar-refractivity contribution in [3.63, 3.8) is 0 Å². The second kappa shape index (κ2) is 18.0. The third kappa shape index (κ3) is 17.9. The minimum absolute atomic E-state index is 0.0763. The Morgan fingerprint density at radius 2 is 1.29 bits per heavy atom. The first-order valence-electron chi connectivity index (χ1n) is 8.82. The van der Waals surface area contributed by atoms with Crippen LogP contribution in [-0.4, -0.2) is 5.97 Å². The molecule has 0 aromatic heterocycles. The molecule has 0 bridgehead atoms. The molecule has 0 aromatic carbocycles. The Hall–Kier alpha value is -0.0757. The van der Waals surface area contributed by atoms with Gasteiger partial charge >= 0.3 is 98.4 Å². The summed E-state index contributed by atoms with van der Waals surface area (Å²) in [6, 6.07) is 0. The van der Waals surface area contributed by atoms with Crippen molar-refractivity contribution < 1.29 is 28.9 Å². The number of allylic oxidation sites excluding steroid dienone is 2. The SMILES string of the molecule is CCCCCCCCC=CCCCCCCCC(=O)[O][Ti]. The van der Waals surface area contributed by atoms with Gasteiger partial charge in [-0.25, -0.2) is 0 Å². The molecule has 2 nitrogen and oxygen atoms in total. The Labute approximate surface area is 144 Å². The second-order valence-corrected chi connectivity index (χ2v) is 6.13. The molecule has 21 heavy (non-hydrogen) atoms. The monoisotopic (exact) mass is 329 g/mol. The summed E-state index contributed by atoms with van der Waals surface area (Å²) in [5.74, 6) is -0.0763. The van der Waals surface area contributed by atoms with Gasteiger partial charge in [0.2, 0.25) is 0 Å². The van der Waals surface area contributed by atoms with Crippen molar-refractivity contribution in [1.82, 2.24) is 0 Å². The zero-order valence-corrected chi connectivity index (χ0v) is 15.4. The van der Waals surface area contributed by atoms with E-state index < -0.39 is 0 Å². The summed E-state index contributed by atoms with van der Waals surface area (Å²) >= 11 is 1.46. The van der Waals surface area contributed by atoms with E-state index in [1.54, 1.807) is 0 Å². The van der Waals surface area contributed by atoms with Gasteiger partial charge in [0, 0.05) is 0 Å². The summed E-state index contributed by atoms with van der Waals surface area (Å²) in [7, 11) is 0. The molecule has 0 fully saturated rings.